The van der Waals surface area contributed by atoms with Crippen molar-refractivity contribution in [3.8, 4) is 0 Å². The van der Waals surface area contributed by atoms with Crippen molar-refractivity contribution in [2.75, 3.05) is 13.1 Å². The summed E-state index contributed by atoms with van der Waals surface area (Å²) in [6.07, 6.45) is 2.80. The van der Waals surface area contributed by atoms with Crippen LogP contribution in [0.25, 0.3) is 0 Å². The number of hydrogen-bond acceptors (Lipinski definition) is 4. The predicted octanol–water partition coefficient (Wildman–Crippen LogP) is 0.770. The van der Waals surface area contributed by atoms with Crippen molar-refractivity contribution in [2.45, 2.75) is 32.9 Å². The minimum atomic E-state index is -0.0637. The van der Waals surface area contributed by atoms with Crippen LogP contribution in [0.5, 0.6) is 0 Å². The quantitative estimate of drug-likeness (QED) is 0.722. The van der Waals surface area contributed by atoms with Gasteiger partial charge in [-0.2, -0.15) is 0 Å². The molecule has 0 aromatic rings. The van der Waals surface area contributed by atoms with E-state index in [-0.39, 0.29) is 6.23 Å². The second-order valence-corrected chi connectivity index (χ2v) is 4.76. The number of nitrogens with one attached hydrogen (secondary N) is 1. The van der Waals surface area contributed by atoms with E-state index in [4.69, 9.17) is 4.84 Å². The molecule has 0 bridgehead atoms. The molecule has 2 heterocycles. The van der Waals surface area contributed by atoms with Crippen LogP contribution in [0, 0.1) is 11.8 Å². The number of hydrogen-bond donors (Lipinski definition) is 1. The smallest absolute Gasteiger partial charge is 0.209 e. The Hall–Kier alpha value is -1.10. The summed E-state index contributed by atoms with van der Waals surface area (Å²) in [4.78, 5) is 22.4. The largest absolute Gasteiger partial charge is 0.345 e. The van der Waals surface area contributed by atoms with Gasteiger partial charge < -0.3 is 4.90 Å². The Balaban J connectivity index is 1.88. The lowest BCUT2D eigenvalue weighted by atomic mass is 9.95. The molecule has 0 radical (unpaired) electrons. The molecule has 1 fully saturated rings. The van der Waals surface area contributed by atoms with Gasteiger partial charge in [0.1, 0.15) is 5.84 Å². The van der Waals surface area contributed by atoms with Gasteiger partial charge in [-0.1, -0.05) is 13.8 Å². The van der Waals surface area contributed by atoms with Crippen molar-refractivity contribution in [3.05, 3.63) is 0 Å². The highest BCUT2D eigenvalue weighted by Gasteiger charge is 2.30. The summed E-state index contributed by atoms with van der Waals surface area (Å²) in [5, 5.41) is 0. The van der Waals surface area contributed by atoms with Gasteiger partial charge in [0.25, 0.3) is 0 Å². The first kappa shape index (κ1) is 11.4. The maximum absolute atomic E-state index is 10.6. The molecule has 2 rings (SSSR count). The molecule has 5 nitrogen and oxygen atoms in total. The van der Waals surface area contributed by atoms with Crippen LogP contribution in [0.15, 0.2) is 4.99 Å². The predicted molar refractivity (Wildman–Crippen MR) is 60.6 cm³/mol. The fraction of sp³-hybridized carbons (Fsp3) is 0.818. The monoisotopic (exact) mass is 225 g/mol. The highest BCUT2D eigenvalue weighted by Crippen LogP contribution is 2.25. The first-order chi connectivity index (χ1) is 7.70. The highest BCUT2D eigenvalue weighted by atomic mass is 16.7. The highest BCUT2D eigenvalue weighted by molar-refractivity contribution is 5.84. The zero-order valence-electron chi connectivity index (χ0n) is 9.85. The van der Waals surface area contributed by atoms with E-state index in [2.05, 4.69) is 24.3 Å². The van der Waals surface area contributed by atoms with Crippen molar-refractivity contribution >= 4 is 12.2 Å². The molecule has 16 heavy (non-hydrogen) atoms. The Morgan fingerprint density at radius 1 is 1.50 bits per heavy atom. The Morgan fingerprint density at radius 3 is 2.69 bits per heavy atom. The standard InChI is InChI=1S/C11H19N3O2/c1-8(2)10-12-11(16-13-10)9-3-5-14(7-15)6-4-9/h7-9,11H,3-6H2,1-2H3,(H,12,13). The number of nitrogens with zero attached hydrogens (tertiary/aromatic N) is 2. The van der Waals surface area contributed by atoms with Gasteiger partial charge in [-0.15, -0.1) is 0 Å². The normalized spacial score (nSPS) is 26.8. The molecule has 2 aliphatic heterocycles. The number of carbonyl (C=O) groups is 1. The van der Waals surface area contributed by atoms with Crippen LogP contribution in [0.3, 0.4) is 0 Å². The van der Waals surface area contributed by atoms with Gasteiger partial charge in [-0.25, -0.2) is 9.83 Å². The summed E-state index contributed by atoms with van der Waals surface area (Å²) in [7, 11) is 0. The number of hydroxylamine groups is 1. The summed E-state index contributed by atoms with van der Waals surface area (Å²) in [6, 6.07) is 0. The molecule has 0 aromatic heterocycles. The molecule has 1 atom stereocenters. The second kappa shape index (κ2) is 4.82. The van der Waals surface area contributed by atoms with Gasteiger partial charge in [0.05, 0.1) is 0 Å². The van der Waals surface area contributed by atoms with E-state index >= 15 is 0 Å². The maximum atomic E-state index is 10.6. The summed E-state index contributed by atoms with van der Waals surface area (Å²) in [5.41, 5.74) is 2.90. The average molecular weight is 225 g/mol. The van der Waals surface area contributed by atoms with Crippen LogP contribution >= 0.6 is 0 Å². The number of piperidine rings is 1. The fourth-order valence-electron chi connectivity index (χ4n) is 2.09. The van der Waals surface area contributed by atoms with Crippen molar-refractivity contribution < 1.29 is 9.63 Å². The van der Waals surface area contributed by atoms with E-state index in [9.17, 15) is 4.79 Å². The zero-order valence-corrected chi connectivity index (χ0v) is 9.85. The fourth-order valence-corrected chi connectivity index (χ4v) is 2.09. The molecule has 0 aromatic carbocycles. The lowest BCUT2D eigenvalue weighted by molar-refractivity contribution is -0.120. The number of amides is 1. The molecule has 90 valence electrons. The van der Waals surface area contributed by atoms with Gasteiger partial charge >= 0.3 is 0 Å². The van der Waals surface area contributed by atoms with E-state index in [0.717, 1.165) is 38.2 Å². The number of likely N-dealkylation sites (tertiary alicyclic amines) is 1. The molecule has 1 amide bonds. The SMILES string of the molecule is CC(C)C1=NC(C2CCN(C=O)CC2)ON1. The Bertz CT molecular complexity index is 283. The van der Waals surface area contributed by atoms with Gasteiger partial charge in [0.15, 0.2) is 6.23 Å². The van der Waals surface area contributed by atoms with Crippen LogP contribution in [-0.2, 0) is 9.63 Å². The van der Waals surface area contributed by atoms with Gasteiger partial charge in [-0.05, 0) is 12.8 Å². The van der Waals surface area contributed by atoms with E-state index in [1.807, 2.05) is 4.90 Å². The molecule has 1 saturated heterocycles. The molecular weight excluding hydrogens is 206 g/mol. The van der Waals surface area contributed by atoms with Crippen molar-refractivity contribution in [1.82, 2.24) is 10.4 Å². The van der Waals surface area contributed by atoms with Crippen LogP contribution < -0.4 is 5.48 Å². The molecule has 2 aliphatic rings. The van der Waals surface area contributed by atoms with Gasteiger partial charge in [-0.3, -0.25) is 10.3 Å². The number of carbonyl (C=O) groups excluding carboxylic acids is 1. The number of amidine groups is 1. The Kier molecular flexibility index (Phi) is 3.43. The lowest BCUT2D eigenvalue weighted by Gasteiger charge is -2.30. The maximum Gasteiger partial charge on any atom is 0.209 e. The number of rotatable bonds is 3. The summed E-state index contributed by atoms with van der Waals surface area (Å²) in [5.74, 6) is 1.74. The molecule has 1 unspecified atom stereocenters. The molecule has 1 N–H and O–H groups in total. The number of aliphatic imine (C=N–C) groups is 1. The van der Waals surface area contributed by atoms with Crippen LogP contribution in [-0.4, -0.2) is 36.5 Å². The Labute approximate surface area is 95.8 Å². The first-order valence-corrected chi connectivity index (χ1v) is 5.89. The van der Waals surface area contributed by atoms with Gasteiger partial charge in [0.2, 0.25) is 6.41 Å². The topological polar surface area (TPSA) is 53.9 Å². The van der Waals surface area contributed by atoms with Crippen molar-refractivity contribution in [3.63, 3.8) is 0 Å². The summed E-state index contributed by atoms with van der Waals surface area (Å²) < 4.78 is 0. The van der Waals surface area contributed by atoms with E-state index in [0.29, 0.717) is 11.8 Å². The summed E-state index contributed by atoms with van der Waals surface area (Å²) in [6.45, 7) is 5.82. The summed E-state index contributed by atoms with van der Waals surface area (Å²) >= 11 is 0. The zero-order chi connectivity index (χ0) is 11.5. The minimum Gasteiger partial charge on any atom is -0.345 e. The third-order valence-electron chi connectivity index (χ3n) is 3.22. The molecule has 0 aliphatic carbocycles. The first-order valence-electron chi connectivity index (χ1n) is 5.89. The molecule has 0 saturated carbocycles. The van der Waals surface area contributed by atoms with Crippen LogP contribution in [0.2, 0.25) is 0 Å². The van der Waals surface area contributed by atoms with E-state index < -0.39 is 0 Å². The van der Waals surface area contributed by atoms with Crippen LogP contribution in [0.1, 0.15) is 26.7 Å². The second-order valence-electron chi connectivity index (χ2n) is 4.76. The molecule has 0 spiro atoms. The van der Waals surface area contributed by atoms with Gasteiger partial charge in [0, 0.05) is 24.9 Å². The Morgan fingerprint density at radius 2 is 2.19 bits per heavy atom. The third-order valence-corrected chi connectivity index (χ3v) is 3.22. The van der Waals surface area contributed by atoms with Crippen LogP contribution in [0.4, 0.5) is 0 Å². The third kappa shape index (κ3) is 2.35. The van der Waals surface area contributed by atoms with Crippen molar-refractivity contribution in [2.24, 2.45) is 16.8 Å². The lowest BCUT2D eigenvalue weighted by Crippen LogP contribution is -2.37. The average Bonchev–Trinajstić information content (AvgIpc) is 2.78. The van der Waals surface area contributed by atoms with Crippen molar-refractivity contribution in [1.29, 1.82) is 0 Å². The molecule has 5 heteroatoms. The van der Waals surface area contributed by atoms with E-state index in [1.54, 1.807) is 0 Å². The molecular formula is C11H19N3O2. The van der Waals surface area contributed by atoms with E-state index in [1.165, 1.54) is 0 Å². The minimum absolute atomic E-state index is 0.0637.